The summed E-state index contributed by atoms with van der Waals surface area (Å²) < 4.78 is 1.91. The third-order valence-corrected chi connectivity index (χ3v) is 5.40. The molecule has 1 N–H and O–H groups in total. The zero-order valence-corrected chi connectivity index (χ0v) is 18.4. The van der Waals surface area contributed by atoms with E-state index in [-0.39, 0.29) is 5.78 Å². The fraction of sp³-hybridized carbons (Fsp3) is 0.120. The van der Waals surface area contributed by atoms with Crippen molar-refractivity contribution in [3.05, 3.63) is 84.1 Å². The number of nitrogens with zero attached hydrogens (tertiary/aromatic N) is 6. The minimum Gasteiger partial charge on any atom is -0.339 e. The molecule has 0 aliphatic heterocycles. The van der Waals surface area contributed by atoms with Crippen LogP contribution >= 0.6 is 0 Å². The van der Waals surface area contributed by atoms with Gasteiger partial charge in [-0.05, 0) is 74.9 Å². The smallest absolute Gasteiger partial charge is 0.161 e. The van der Waals surface area contributed by atoms with E-state index in [9.17, 15) is 4.79 Å². The highest BCUT2D eigenvalue weighted by Gasteiger charge is 2.16. The van der Waals surface area contributed by atoms with Gasteiger partial charge < -0.3 is 5.32 Å². The summed E-state index contributed by atoms with van der Waals surface area (Å²) in [5.41, 5.74) is 6.47. The largest absolute Gasteiger partial charge is 0.339 e. The monoisotopic (exact) mass is 435 g/mol. The van der Waals surface area contributed by atoms with Gasteiger partial charge in [0, 0.05) is 29.2 Å². The average molecular weight is 435 g/mol. The number of anilines is 2. The number of benzene rings is 1. The lowest BCUT2D eigenvalue weighted by molar-refractivity contribution is 0.101. The van der Waals surface area contributed by atoms with Crippen LogP contribution in [0.15, 0.2) is 67.3 Å². The zero-order valence-electron chi connectivity index (χ0n) is 18.4. The first kappa shape index (κ1) is 20.4. The number of aryl methyl sites for hydroxylation is 2. The molecule has 1 aromatic carbocycles. The number of carbonyl (C=O) groups excluding carboxylic acids is 1. The van der Waals surface area contributed by atoms with Gasteiger partial charge in [0.25, 0.3) is 0 Å². The Morgan fingerprint density at radius 1 is 1.00 bits per heavy atom. The van der Waals surface area contributed by atoms with Crippen LogP contribution in [0, 0.1) is 13.8 Å². The first-order valence-electron chi connectivity index (χ1n) is 10.5. The molecule has 33 heavy (non-hydrogen) atoms. The molecule has 0 radical (unpaired) electrons. The summed E-state index contributed by atoms with van der Waals surface area (Å²) >= 11 is 0. The predicted molar refractivity (Wildman–Crippen MR) is 127 cm³/mol. The molecule has 0 saturated heterocycles. The van der Waals surface area contributed by atoms with Crippen molar-refractivity contribution < 1.29 is 4.79 Å². The first-order valence-corrected chi connectivity index (χ1v) is 10.5. The highest BCUT2D eigenvalue weighted by molar-refractivity contribution is 6.00. The van der Waals surface area contributed by atoms with Crippen molar-refractivity contribution in [2.75, 3.05) is 5.32 Å². The summed E-state index contributed by atoms with van der Waals surface area (Å²) in [4.78, 5) is 25.8. The van der Waals surface area contributed by atoms with Crippen LogP contribution in [-0.2, 0) is 0 Å². The number of aromatic nitrogens is 6. The number of rotatable bonds is 5. The molecule has 8 heteroatoms. The number of carbonyl (C=O) groups is 1. The second-order valence-electron chi connectivity index (χ2n) is 7.82. The van der Waals surface area contributed by atoms with Gasteiger partial charge in [0.15, 0.2) is 11.6 Å². The third kappa shape index (κ3) is 3.94. The van der Waals surface area contributed by atoms with E-state index in [4.69, 9.17) is 4.98 Å². The van der Waals surface area contributed by atoms with E-state index in [0.29, 0.717) is 22.9 Å². The van der Waals surface area contributed by atoms with Gasteiger partial charge in [0.05, 0.1) is 22.4 Å². The van der Waals surface area contributed by atoms with Gasteiger partial charge in [0.1, 0.15) is 12.1 Å². The van der Waals surface area contributed by atoms with Crippen LogP contribution in [0.4, 0.5) is 11.5 Å². The van der Waals surface area contributed by atoms with Crippen LogP contribution in [0.25, 0.3) is 28.1 Å². The molecule has 4 heterocycles. The van der Waals surface area contributed by atoms with Gasteiger partial charge in [-0.25, -0.2) is 9.97 Å². The van der Waals surface area contributed by atoms with Crippen molar-refractivity contribution >= 4 is 28.3 Å². The fourth-order valence-electron chi connectivity index (χ4n) is 3.70. The molecule has 0 unspecified atom stereocenters. The SMILES string of the molecule is CC(=O)c1ccc(-n2cnc3cc(Nc4ccc(C)nn4)ccc32)nc1-c1ccncc1C. The molecule has 5 rings (SSSR count). The fourth-order valence-corrected chi connectivity index (χ4v) is 3.70. The van der Waals surface area contributed by atoms with E-state index in [1.54, 1.807) is 25.6 Å². The van der Waals surface area contributed by atoms with Crippen molar-refractivity contribution in [2.45, 2.75) is 20.8 Å². The zero-order chi connectivity index (χ0) is 22.9. The van der Waals surface area contributed by atoms with Gasteiger partial charge >= 0.3 is 0 Å². The molecule has 0 atom stereocenters. The normalized spacial score (nSPS) is 11.0. The molecule has 8 nitrogen and oxygen atoms in total. The molecular weight excluding hydrogens is 414 g/mol. The second kappa shape index (κ2) is 8.23. The maximum absolute atomic E-state index is 12.3. The molecule has 0 amide bonds. The second-order valence-corrected chi connectivity index (χ2v) is 7.82. The van der Waals surface area contributed by atoms with Crippen LogP contribution < -0.4 is 5.32 Å². The highest BCUT2D eigenvalue weighted by atomic mass is 16.1. The van der Waals surface area contributed by atoms with E-state index in [1.807, 2.05) is 66.9 Å². The van der Waals surface area contributed by atoms with Gasteiger partial charge in [-0.3, -0.25) is 14.3 Å². The Balaban J connectivity index is 1.55. The molecule has 0 saturated carbocycles. The van der Waals surface area contributed by atoms with Gasteiger partial charge in [-0.2, -0.15) is 5.10 Å². The van der Waals surface area contributed by atoms with Crippen molar-refractivity contribution in [1.29, 1.82) is 0 Å². The lowest BCUT2D eigenvalue weighted by Crippen LogP contribution is -2.04. The summed E-state index contributed by atoms with van der Waals surface area (Å²) in [5, 5.41) is 11.5. The maximum atomic E-state index is 12.3. The molecule has 0 aliphatic carbocycles. The van der Waals surface area contributed by atoms with E-state index in [2.05, 4.69) is 25.5 Å². The van der Waals surface area contributed by atoms with Gasteiger partial charge in [0.2, 0.25) is 0 Å². The Kier molecular flexibility index (Phi) is 5.10. The van der Waals surface area contributed by atoms with Crippen LogP contribution in [0.1, 0.15) is 28.5 Å². The van der Waals surface area contributed by atoms with Crippen LogP contribution in [-0.4, -0.2) is 35.5 Å². The molecular formula is C25H21N7O. The summed E-state index contributed by atoms with van der Waals surface area (Å²) in [7, 11) is 0. The quantitative estimate of drug-likeness (QED) is 0.395. The van der Waals surface area contributed by atoms with E-state index >= 15 is 0 Å². The topological polar surface area (TPSA) is 98.5 Å². The minimum atomic E-state index is -0.0364. The molecule has 5 aromatic rings. The molecule has 0 fully saturated rings. The van der Waals surface area contributed by atoms with Gasteiger partial charge in [-0.1, -0.05) is 0 Å². The highest BCUT2D eigenvalue weighted by Crippen LogP contribution is 2.28. The number of nitrogens with one attached hydrogen (secondary N) is 1. The molecule has 0 spiro atoms. The van der Waals surface area contributed by atoms with Crippen LogP contribution in [0.2, 0.25) is 0 Å². The van der Waals surface area contributed by atoms with E-state index in [0.717, 1.165) is 33.5 Å². The van der Waals surface area contributed by atoms with Gasteiger partial charge in [-0.15, -0.1) is 5.10 Å². The Labute approximate surface area is 190 Å². The number of imidazole rings is 1. The lowest BCUT2D eigenvalue weighted by atomic mass is 10.0. The number of hydrogen-bond acceptors (Lipinski definition) is 7. The maximum Gasteiger partial charge on any atom is 0.161 e. The first-order chi connectivity index (χ1) is 16.0. The molecule has 4 aromatic heterocycles. The Morgan fingerprint density at radius 3 is 2.64 bits per heavy atom. The van der Waals surface area contributed by atoms with E-state index < -0.39 is 0 Å². The summed E-state index contributed by atoms with van der Waals surface area (Å²) in [5.74, 6) is 1.31. The van der Waals surface area contributed by atoms with Crippen LogP contribution in [0.5, 0.6) is 0 Å². The number of Topliss-reactive ketones (excluding diaryl/α,β-unsaturated/α-hetero) is 1. The standard InChI is InChI=1S/C25H21N7O/c1-15-13-26-11-10-19(15)25-20(17(3)33)6-9-24(29-25)32-14-27-21-12-18(5-7-22(21)32)28-23-8-4-16(2)30-31-23/h4-14H,1-3H3,(H,28,31). The van der Waals surface area contributed by atoms with Crippen molar-refractivity contribution in [2.24, 2.45) is 0 Å². The Morgan fingerprint density at radius 2 is 1.88 bits per heavy atom. The average Bonchev–Trinajstić information content (AvgIpc) is 3.24. The number of fused-ring (bicyclic) bond motifs is 1. The summed E-state index contributed by atoms with van der Waals surface area (Å²) in [6.45, 7) is 5.41. The molecule has 162 valence electrons. The van der Waals surface area contributed by atoms with Crippen LogP contribution in [0.3, 0.4) is 0 Å². The van der Waals surface area contributed by atoms with Crippen molar-refractivity contribution in [3.8, 4) is 17.1 Å². The van der Waals surface area contributed by atoms with Crippen molar-refractivity contribution in [3.63, 3.8) is 0 Å². The molecule has 0 aliphatic rings. The number of pyridine rings is 2. The van der Waals surface area contributed by atoms with Crippen molar-refractivity contribution in [1.82, 2.24) is 29.7 Å². The molecule has 0 bridgehead atoms. The predicted octanol–water partition coefficient (Wildman–Crippen LogP) is 4.84. The summed E-state index contributed by atoms with van der Waals surface area (Å²) in [6, 6.07) is 15.2. The number of ketones is 1. The Hall–Kier alpha value is -4.46. The minimum absolute atomic E-state index is 0.0364. The lowest BCUT2D eigenvalue weighted by Gasteiger charge is -2.12. The van der Waals surface area contributed by atoms with E-state index in [1.165, 1.54) is 0 Å². The third-order valence-electron chi connectivity index (χ3n) is 5.40. The summed E-state index contributed by atoms with van der Waals surface area (Å²) in [6.07, 6.45) is 5.21. The Bertz CT molecular complexity index is 1490. The number of hydrogen-bond donors (Lipinski definition) is 1.